The van der Waals surface area contributed by atoms with E-state index in [9.17, 15) is 0 Å². The quantitative estimate of drug-likeness (QED) is 0.770. The summed E-state index contributed by atoms with van der Waals surface area (Å²) in [4.78, 5) is 4.42. The Labute approximate surface area is 116 Å². The molecule has 2 N–H and O–H groups in total. The van der Waals surface area contributed by atoms with E-state index in [1.165, 1.54) is 0 Å². The lowest BCUT2D eigenvalue weighted by molar-refractivity contribution is 0.352. The number of hydrogen-bond donors (Lipinski definition) is 1. The van der Waals surface area contributed by atoms with E-state index in [1.807, 2.05) is 30.3 Å². The van der Waals surface area contributed by atoms with E-state index in [1.54, 1.807) is 0 Å². The van der Waals surface area contributed by atoms with Crippen LogP contribution in [0.15, 0.2) is 39.3 Å². The van der Waals surface area contributed by atoms with Crippen LogP contribution < -0.4 is 5.73 Å². The molecule has 0 fully saturated rings. The molecule has 1 aromatic carbocycles. The molecular formula is C15H17N3O2. The zero-order chi connectivity index (χ0) is 13.9. The Bertz CT molecular complexity index is 669. The molecule has 0 radical (unpaired) electrons. The van der Waals surface area contributed by atoms with Gasteiger partial charge in [0.05, 0.1) is 0 Å². The standard InChI is InChI=1S/C15H17N3O2/c1-10(5-4-8-16)15-17-14(18-20-15)13-9-11-6-2-3-7-12(11)19-13/h2-3,6-7,9-10H,4-5,8,16H2,1H3. The molecule has 5 nitrogen and oxygen atoms in total. The van der Waals surface area contributed by atoms with Gasteiger partial charge >= 0.3 is 0 Å². The van der Waals surface area contributed by atoms with Crippen molar-refractivity contribution in [2.75, 3.05) is 6.54 Å². The van der Waals surface area contributed by atoms with Crippen molar-refractivity contribution in [1.82, 2.24) is 10.1 Å². The molecule has 2 heterocycles. The van der Waals surface area contributed by atoms with Gasteiger partial charge < -0.3 is 14.7 Å². The molecule has 0 saturated heterocycles. The summed E-state index contributed by atoms with van der Waals surface area (Å²) in [6.45, 7) is 2.74. The first-order valence-electron chi connectivity index (χ1n) is 6.80. The van der Waals surface area contributed by atoms with E-state index in [4.69, 9.17) is 14.7 Å². The molecule has 0 aliphatic rings. The summed E-state index contributed by atoms with van der Waals surface area (Å²) in [5.41, 5.74) is 6.34. The SMILES string of the molecule is CC(CCCN)c1nc(-c2cc3ccccc3o2)no1. The fourth-order valence-electron chi connectivity index (χ4n) is 2.18. The summed E-state index contributed by atoms with van der Waals surface area (Å²) in [6, 6.07) is 9.75. The Hall–Kier alpha value is -2.14. The number of nitrogens with two attached hydrogens (primary N) is 1. The summed E-state index contributed by atoms with van der Waals surface area (Å²) >= 11 is 0. The number of para-hydroxylation sites is 1. The van der Waals surface area contributed by atoms with Crippen molar-refractivity contribution < 1.29 is 8.94 Å². The van der Waals surface area contributed by atoms with Crippen LogP contribution >= 0.6 is 0 Å². The van der Waals surface area contributed by atoms with Crippen LogP contribution in [-0.2, 0) is 0 Å². The Kier molecular flexibility index (Phi) is 3.52. The molecule has 0 amide bonds. The lowest BCUT2D eigenvalue weighted by Gasteiger charge is -2.03. The van der Waals surface area contributed by atoms with Crippen molar-refractivity contribution in [2.24, 2.45) is 5.73 Å². The molecule has 1 unspecified atom stereocenters. The number of nitrogens with zero attached hydrogens (tertiary/aromatic N) is 2. The number of fused-ring (bicyclic) bond motifs is 1. The predicted molar refractivity (Wildman–Crippen MR) is 76.2 cm³/mol. The highest BCUT2D eigenvalue weighted by atomic mass is 16.5. The second-order valence-corrected chi connectivity index (χ2v) is 4.94. The van der Waals surface area contributed by atoms with Gasteiger partial charge in [-0.25, -0.2) is 0 Å². The van der Waals surface area contributed by atoms with Crippen molar-refractivity contribution in [3.8, 4) is 11.6 Å². The van der Waals surface area contributed by atoms with Crippen LogP contribution in [0.25, 0.3) is 22.6 Å². The largest absolute Gasteiger partial charge is 0.453 e. The Morgan fingerprint density at radius 1 is 1.30 bits per heavy atom. The van der Waals surface area contributed by atoms with Gasteiger partial charge in [0.25, 0.3) is 0 Å². The minimum atomic E-state index is 0.212. The zero-order valence-electron chi connectivity index (χ0n) is 11.4. The van der Waals surface area contributed by atoms with E-state index >= 15 is 0 Å². The Morgan fingerprint density at radius 2 is 2.15 bits per heavy atom. The highest BCUT2D eigenvalue weighted by Crippen LogP contribution is 2.27. The summed E-state index contributed by atoms with van der Waals surface area (Å²) < 4.78 is 11.0. The van der Waals surface area contributed by atoms with Crippen LogP contribution in [0.4, 0.5) is 0 Å². The van der Waals surface area contributed by atoms with Gasteiger partial charge in [-0.2, -0.15) is 4.98 Å². The van der Waals surface area contributed by atoms with Crippen LogP contribution in [0.5, 0.6) is 0 Å². The third kappa shape index (κ3) is 2.44. The summed E-state index contributed by atoms with van der Waals surface area (Å²) in [6.07, 6.45) is 1.89. The first-order valence-corrected chi connectivity index (χ1v) is 6.80. The van der Waals surface area contributed by atoms with Crippen molar-refractivity contribution in [1.29, 1.82) is 0 Å². The summed E-state index contributed by atoms with van der Waals surface area (Å²) in [7, 11) is 0. The first-order chi connectivity index (χ1) is 9.78. The van der Waals surface area contributed by atoms with Crippen LogP contribution in [0.1, 0.15) is 31.6 Å². The maximum Gasteiger partial charge on any atom is 0.238 e. The second kappa shape index (κ2) is 5.46. The summed E-state index contributed by atoms with van der Waals surface area (Å²) in [5.74, 6) is 1.97. The van der Waals surface area contributed by atoms with Crippen LogP contribution in [-0.4, -0.2) is 16.7 Å². The Balaban J connectivity index is 1.85. The second-order valence-electron chi connectivity index (χ2n) is 4.94. The van der Waals surface area contributed by atoms with E-state index in [0.717, 1.165) is 23.8 Å². The number of aromatic nitrogens is 2. The summed E-state index contributed by atoms with van der Waals surface area (Å²) in [5, 5.41) is 5.03. The third-order valence-electron chi connectivity index (χ3n) is 3.35. The van der Waals surface area contributed by atoms with Crippen LogP contribution in [0.2, 0.25) is 0 Å². The minimum Gasteiger partial charge on any atom is -0.453 e. The van der Waals surface area contributed by atoms with Crippen LogP contribution in [0.3, 0.4) is 0 Å². The minimum absolute atomic E-state index is 0.212. The molecule has 3 rings (SSSR count). The smallest absolute Gasteiger partial charge is 0.238 e. The van der Waals surface area contributed by atoms with Gasteiger partial charge in [-0.1, -0.05) is 30.3 Å². The highest BCUT2D eigenvalue weighted by molar-refractivity contribution is 5.81. The normalized spacial score (nSPS) is 12.9. The fourth-order valence-corrected chi connectivity index (χ4v) is 2.18. The molecular weight excluding hydrogens is 254 g/mol. The van der Waals surface area contributed by atoms with Gasteiger partial charge in [-0.15, -0.1) is 0 Å². The van der Waals surface area contributed by atoms with Crippen LogP contribution in [0, 0.1) is 0 Å². The first kappa shape index (κ1) is 12.9. The molecule has 104 valence electrons. The molecule has 0 bridgehead atoms. The molecule has 3 aromatic rings. The predicted octanol–water partition coefficient (Wildman–Crippen LogP) is 3.33. The van der Waals surface area contributed by atoms with Crippen molar-refractivity contribution in [3.63, 3.8) is 0 Å². The maximum atomic E-state index is 5.72. The van der Waals surface area contributed by atoms with Gasteiger partial charge in [0.2, 0.25) is 11.7 Å². The molecule has 1 atom stereocenters. The van der Waals surface area contributed by atoms with E-state index in [-0.39, 0.29) is 5.92 Å². The number of benzene rings is 1. The molecule has 0 spiro atoms. The topological polar surface area (TPSA) is 78.1 Å². The molecule has 0 saturated carbocycles. The molecule has 0 aliphatic carbocycles. The number of rotatable bonds is 5. The van der Waals surface area contributed by atoms with Crippen molar-refractivity contribution >= 4 is 11.0 Å². The lowest BCUT2D eigenvalue weighted by Crippen LogP contribution is -2.02. The molecule has 2 aromatic heterocycles. The average Bonchev–Trinajstić information content (AvgIpc) is 3.10. The number of hydrogen-bond acceptors (Lipinski definition) is 5. The maximum absolute atomic E-state index is 5.72. The van der Waals surface area contributed by atoms with Crippen molar-refractivity contribution in [2.45, 2.75) is 25.7 Å². The van der Waals surface area contributed by atoms with Gasteiger partial charge in [-0.3, -0.25) is 0 Å². The van der Waals surface area contributed by atoms with Crippen molar-refractivity contribution in [3.05, 3.63) is 36.2 Å². The van der Waals surface area contributed by atoms with E-state index < -0.39 is 0 Å². The van der Waals surface area contributed by atoms with E-state index in [0.29, 0.717) is 24.0 Å². The lowest BCUT2D eigenvalue weighted by atomic mass is 10.1. The zero-order valence-corrected chi connectivity index (χ0v) is 11.4. The van der Waals surface area contributed by atoms with Gasteiger partial charge in [0.1, 0.15) is 5.58 Å². The molecule has 20 heavy (non-hydrogen) atoms. The van der Waals surface area contributed by atoms with Gasteiger partial charge in [0, 0.05) is 11.3 Å². The van der Waals surface area contributed by atoms with E-state index in [2.05, 4.69) is 17.1 Å². The molecule has 5 heteroatoms. The van der Waals surface area contributed by atoms with Gasteiger partial charge in [-0.05, 0) is 31.5 Å². The number of furan rings is 1. The monoisotopic (exact) mass is 271 g/mol. The Morgan fingerprint density at radius 3 is 2.95 bits per heavy atom. The fraction of sp³-hybridized carbons (Fsp3) is 0.333. The highest BCUT2D eigenvalue weighted by Gasteiger charge is 2.17. The van der Waals surface area contributed by atoms with Gasteiger partial charge in [0.15, 0.2) is 5.76 Å². The molecule has 0 aliphatic heterocycles. The average molecular weight is 271 g/mol. The third-order valence-corrected chi connectivity index (χ3v) is 3.35.